The molecule has 4 nitrogen and oxygen atoms in total. The molecular formula is C16H12ClFN2O2S. The minimum atomic E-state index is -4.77. The van der Waals surface area contributed by atoms with Crippen molar-refractivity contribution >= 4 is 32.7 Å². The lowest BCUT2D eigenvalue weighted by Crippen LogP contribution is -1.96. The van der Waals surface area contributed by atoms with Crippen LogP contribution in [-0.4, -0.2) is 18.4 Å². The zero-order valence-electron chi connectivity index (χ0n) is 12.3. The molecule has 0 N–H and O–H groups in total. The molecule has 0 spiro atoms. The van der Waals surface area contributed by atoms with Crippen molar-refractivity contribution in [2.75, 3.05) is 0 Å². The molecule has 0 aliphatic carbocycles. The van der Waals surface area contributed by atoms with E-state index in [0.29, 0.717) is 21.6 Å². The molecule has 0 aliphatic heterocycles. The maximum atomic E-state index is 13.1. The fourth-order valence-electron chi connectivity index (χ4n) is 2.44. The van der Waals surface area contributed by atoms with Crippen LogP contribution in [0.15, 0.2) is 41.6 Å². The molecule has 0 aliphatic rings. The van der Waals surface area contributed by atoms with Crippen molar-refractivity contribution in [1.29, 1.82) is 0 Å². The molecule has 0 saturated carbocycles. The lowest BCUT2D eigenvalue weighted by molar-refractivity contribution is 0.552. The molecule has 118 valence electrons. The van der Waals surface area contributed by atoms with Gasteiger partial charge in [-0.1, -0.05) is 11.6 Å². The van der Waals surface area contributed by atoms with Crippen LogP contribution >= 0.6 is 11.6 Å². The molecule has 7 heteroatoms. The highest BCUT2D eigenvalue weighted by Crippen LogP contribution is 2.32. The highest BCUT2D eigenvalue weighted by atomic mass is 35.5. The van der Waals surface area contributed by atoms with Crippen molar-refractivity contribution in [3.63, 3.8) is 0 Å². The standard InChI is InChI=1S/C16H12ClFN2O2S/c1-9-6-14(17)10(2)5-13(9)16-12-4-3-11(23(18,21)22)7-15(12)19-8-20-16/h3-8H,1-2H3. The van der Waals surface area contributed by atoms with Gasteiger partial charge in [0.15, 0.2) is 0 Å². The van der Waals surface area contributed by atoms with Crippen LogP contribution in [0.2, 0.25) is 5.02 Å². The predicted octanol–water partition coefficient (Wildman–Crippen LogP) is 4.23. The van der Waals surface area contributed by atoms with Crippen LogP contribution in [0.25, 0.3) is 22.2 Å². The third kappa shape index (κ3) is 2.92. The van der Waals surface area contributed by atoms with Gasteiger partial charge in [0, 0.05) is 16.0 Å². The van der Waals surface area contributed by atoms with Crippen molar-refractivity contribution in [2.45, 2.75) is 18.7 Å². The van der Waals surface area contributed by atoms with Crippen molar-refractivity contribution < 1.29 is 12.3 Å². The van der Waals surface area contributed by atoms with Gasteiger partial charge in [-0.05, 0) is 55.3 Å². The predicted molar refractivity (Wildman–Crippen MR) is 87.8 cm³/mol. The van der Waals surface area contributed by atoms with Gasteiger partial charge in [0.2, 0.25) is 0 Å². The van der Waals surface area contributed by atoms with Gasteiger partial charge in [-0.2, -0.15) is 8.42 Å². The molecule has 3 rings (SSSR count). The van der Waals surface area contributed by atoms with Crippen LogP contribution in [0.3, 0.4) is 0 Å². The summed E-state index contributed by atoms with van der Waals surface area (Å²) in [4.78, 5) is 7.93. The van der Waals surface area contributed by atoms with Gasteiger partial charge in [0.05, 0.1) is 11.2 Å². The summed E-state index contributed by atoms with van der Waals surface area (Å²) in [5.74, 6) is 0. The van der Waals surface area contributed by atoms with Crippen LogP contribution in [0.1, 0.15) is 11.1 Å². The number of hydrogen-bond donors (Lipinski definition) is 0. The number of benzene rings is 2. The molecular weight excluding hydrogens is 339 g/mol. The molecule has 0 bridgehead atoms. The Morgan fingerprint density at radius 2 is 1.78 bits per heavy atom. The number of fused-ring (bicyclic) bond motifs is 1. The van der Waals surface area contributed by atoms with E-state index < -0.39 is 15.1 Å². The summed E-state index contributed by atoms with van der Waals surface area (Å²) in [6.45, 7) is 3.80. The number of hydrogen-bond acceptors (Lipinski definition) is 4. The van der Waals surface area contributed by atoms with Gasteiger partial charge >= 0.3 is 10.2 Å². The second kappa shape index (κ2) is 5.54. The van der Waals surface area contributed by atoms with Gasteiger partial charge in [-0.15, -0.1) is 3.89 Å². The summed E-state index contributed by atoms with van der Waals surface area (Å²) < 4.78 is 35.2. The second-order valence-electron chi connectivity index (χ2n) is 5.26. The van der Waals surface area contributed by atoms with E-state index in [2.05, 4.69) is 9.97 Å². The Balaban J connectivity index is 2.30. The molecule has 1 aromatic heterocycles. The summed E-state index contributed by atoms with van der Waals surface area (Å²) in [7, 11) is -4.77. The fourth-order valence-corrected chi connectivity index (χ4v) is 3.14. The molecule has 2 aromatic carbocycles. The van der Waals surface area contributed by atoms with Crippen molar-refractivity contribution in [1.82, 2.24) is 9.97 Å². The maximum Gasteiger partial charge on any atom is 0.332 e. The van der Waals surface area contributed by atoms with E-state index in [0.717, 1.165) is 16.7 Å². The van der Waals surface area contributed by atoms with Crippen LogP contribution in [0.4, 0.5) is 3.89 Å². The average molecular weight is 351 g/mol. The van der Waals surface area contributed by atoms with Gasteiger partial charge < -0.3 is 0 Å². The lowest BCUT2D eigenvalue weighted by atomic mass is 9.99. The smallest absolute Gasteiger partial charge is 0.236 e. The van der Waals surface area contributed by atoms with Crippen molar-refractivity contribution in [3.8, 4) is 11.3 Å². The Labute approximate surface area is 138 Å². The van der Waals surface area contributed by atoms with Gasteiger partial charge in [-0.25, -0.2) is 9.97 Å². The molecule has 0 amide bonds. The third-order valence-corrected chi connectivity index (χ3v) is 4.87. The van der Waals surface area contributed by atoms with E-state index in [9.17, 15) is 12.3 Å². The quantitative estimate of drug-likeness (QED) is 0.649. The van der Waals surface area contributed by atoms with Crippen LogP contribution in [0.5, 0.6) is 0 Å². The summed E-state index contributed by atoms with van der Waals surface area (Å²) in [5, 5.41) is 1.31. The summed E-state index contributed by atoms with van der Waals surface area (Å²) in [6.07, 6.45) is 1.33. The normalized spacial score (nSPS) is 11.8. The second-order valence-corrected chi connectivity index (χ2v) is 7.01. The largest absolute Gasteiger partial charge is 0.332 e. The van der Waals surface area contributed by atoms with E-state index in [1.54, 1.807) is 0 Å². The Hall–Kier alpha value is -2.05. The first-order chi connectivity index (χ1) is 10.8. The molecule has 0 saturated heterocycles. The Kier molecular flexibility index (Phi) is 3.82. The molecule has 0 unspecified atom stereocenters. The molecule has 0 radical (unpaired) electrons. The third-order valence-electron chi connectivity index (χ3n) is 3.65. The Morgan fingerprint density at radius 3 is 2.48 bits per heavy atom. The van der Waals surface area contributed by atoms with E-state index in [-0.39, 0.29) is 0 Å². The van der Waals surface area contributed by atoms with E-state index in [1.165, 1.54) is 24.5 Å². The molecule has 3 aromatic rings. The number of rotatable bonds is 2. The lowest BCUT2D eigenvalue weighted by Gasteiger charge is -2.11. The number of nitrogens with zero attached hydrogens (tertiary/aromatic N) is 2. The Bertz CT molecular complexity index is 1040. The first-order valence-corrected chi connectivity index (χ1v) is 8.50. The zero-order chi connectivity index (χ0) is 16.8. The van der Waals surface area contributed by atoms with Gasteiger partial charge in [0.1, 0.15) is 11.2 Å². The summed E-state index contributed by atoms with van der Waals surface area (Å²) in [5.41, 5.74) is 3.72. The first-order valence-electron chi connectivity index (χ1n) is 6.74. The summed E-state index contributed by atoms with van der Waals surface area (Å²) >= 11 is 6.12. The van der Waals surface area contributed by atoms with E-state index in [4.69, 9.17) is 11.6 Å². The number of aromatic nitrogens is 2. The monoisotopic (exact) mass is 350 g/mol. The molecule has 1 heterocycles. The zero-order valence-corrected chi connectivity index (χ0v) is 13.9. The highest BCUT2D eigenvalue weighted by Gasteiger charge is 2.16. The number of aryl methyl sites for hydroxylation is 2. The van der Waals surface area contributed by atoms with Gasteiger partial charge in [0.25, 0.3) is 0 Å². The molecule has 0 fully saturated rings. The number of halogens is 2. The highest BCUT2D eigenvalue weighted by molar-refractivity contribution is 7.86. The molecule has 23 heavy (non-hydrogen) atoms. The van der Waals surface area contributed by atoms with Crippen molar-refractivity contribution in [3.05, 3.63) is 52.8 Å². The topological polar surface area (TPSA) is 59.9 Å². The fraction of sp³-hybridized carbons (Fsp3) is 0.125. The Morgan fingerprint density at radius 1 is 1.04 bits per heavy atom. The maximum absolute atomic E-state index is 13.1. The minimum absolute atomic E-state index is 0.362. The first kappa shape index (κ1) is 15.8. The van der Waals surface area contributed by atoms with Crippen LogP contribution < -0.4 is 0 Å². The van der Waals surface area contributed by atoms with E-state index in [1.807, 2.05) is 26.0 Å². The van der Waals surface area contributed by atoms with Gasteiger partial charge in [-0.3, -0.25) is 0 Å². The molecule has 0 atom stereocenters. The minimum Gasteiger partial charge on any atom is -0.236 e. The van der Waals surface area contributed by atoms with Crippen LogP contribution in [-0.2, 0) is 10.2 Å². The van der Waals surface area contributed by atoms with Crippen molar-refractivity contribution in [2.24, 2.45) is 0 Å². The SMILES string of the molecule is Cc1cc(-c2ncnc3cc(S(=O)(=O)F)ccc23)c(C)cc1Cl. The summed E-state index contributed by atoms with van der Waals surface area (Å²) in [6, 6.07) is 7.69. The average Bonchev–Trinajstić information content (AvgIpc) is 2.49. The van der Waals surface area contributed by atoms with Crippen LogP contribution in [0, 0.1) is 13.8 Å². The van der Waals surface area contributed by atoms with E-state index >= 15 is 0 Å².